The Morgan fingerprint density at radius 1 is 1.15 bits per heavy atom. The topological polar surface area (TPSA) is 124 Å². The number of halogens is 1. The molecule has 3 N–H and O–H groups in total. The van der Waals surface area contributed by atoms with Crippen LogP contribution in [0.2, 0.25) is 5.02 Å². The van der Waals surface area contributed by atoms with Gasteiger partial charge in [0, 0.05) is 31.4 Å². The average Bonchev–Trinajstić information content (AvgIpc) is 3.18. The first kappa shape index (κ1) is 22.7. The van der Waals surface area contributed by atoms with E-state index in [-0.39, 0.29) is 43.2 Å². The number of nitrogens with two attached hydrogens (primary N) is 1. The van der Waals surface area contributed by atoms with Crippen LogP contribution in [0.3, 0.4) is 0 Å². The van der Waals surface area contributed by atoms with Crippen molar-refractivity contribution in [3.8, 4) is 0 Å². The molecule has 3 aromatic heterocycles. The van der Waals surface area contributed by atoms with Crippen LogP contribution in [0.15, 0.2) is 52.3 Å². The molecule has 0 bridgehead atoms. The van der Waals surface area contributed by atoms with Crippen molar-refractivity contribution in [1.82, 2.24) is 23.7 Å². The van der Waals surface area contributed by atoms with E-state index in [0.29, 0.717) is 10.7 Å². The third-order valence-corrected chi connectivity index (χ3v) is 5.61. The molecular weight excluding hydrogens is 446 g/mol. The second kappa shape index (κ2) is 9.18. The summed E-state index contributed by atoms with van der Waals surface area (Å²) < 4.78 is 4.11. The lowest BCUT2D eigenvalue weighted by Gasteiger charge is -2.19. The SMILES string of the molecule is Cc1cncc(N(N)c2nc3c(c(=O)n(CCCO)c(=O)n3C)n2Cc2ccc(Cl)cc2)c1. The molecule has 4 aromatic rings. The fourth-order valence-electron chi connectivity index (χ4n) is 3.68. The third-order valence-electron chi connectivity index (χ3n) is 5.36. The van der Waals surface area contributed by atoms with E-state index in [1.807, 2.05) is 25.1 Å². The van der Waals surface area contributed by atoms with E-state index in [2.05, 4.69) is 9.97 Å². The predicted molar refractivity (Wildman–Crippen MR) is 127 cm³/mol. The molecule has 0 radical (unpaired) electrons. The van der Waals surface area contributed by atoms with Crippen molar-refractivity contribution in [3.63, 3.8) is 0 Å². The Hall–Kier alpha value is -3.47. The van der Waals surface area contributed by atoms with Gasteiger partial charge in [-0.25, -0.2) is 15.6 Å². The molecule has 33 heavy (non-hydrogen) atoms. The molecule has 1 aromatic carbocycles. The number of pyridine rings is 1. The highest BCUT2D eigenvalue weighted by atomic mass is 35.5. The maximum atomic E-state index is 13.4. The van der Waals surface area contributed by atoms with E-state index in [1.54, 1.807) is 36.1 Å². The van der Waals surface area contributed by atoms with Crippen LogP contribution in [0.25, 0.3) is 11.2 Å². The van der Waals surface area contributed by atoms with Gasteiger partial charge in [0.2, 0.25) is 5.95 Å². The Morgan fingerprint density at radius 2 is 1.88 bits per heavy atom. The van der Waals surface area contributed by atoms with E-state index in [4.69, 9.17) is 17.4 Å². The van der Waals surface area contributed by atoms with Crippen molar-refractivity contribution in [2.24, 2.45) is 12.9 Å². The van der Waals surface area contributed by atoms with Gasteiger partial charge >= 0.3 is 5.69 Å². The van der Waals surface area contributed by atoms with Crippen LogP contribution in [0.1, 0.15) is 17.5 Å². The van der Waals surface area contributed by atoms with E-state index < -0.39 is 11.2 Å². The maximum absolute atomic E-state index is 13.4. The Morgan fingerprint density at radius 3 is 2.55 bits per heavy atom. The molecule has 10 nitrogen and oxygen atoms in total. The first-order valence-corrected chi connectivity index (χ1v) is 10.7. The number of hydrogen-bond acceptors (Lipinski definition) is 7. The monoisotopic (exact) mass is 469 g/mol. The molecule has 4 rings (SSSR count). The number of aryl methyl sites for hydroxylation is 2. The van der Waals surface area contributed by atoms with Crippen molar-refractivity contribution in [2.75, 3.05) is 11.6 Å². The maximum Gasteiger partial charge on any atom is 0.332 e. The van der Waals surface area contributed by atoms with Crippen molar-refractivity contribution >= 4 is 34.4 Å². The summed E-state index contributed by atoms with van der Waals surface area (Å²) in [6.45, 7) is 2.11. The molecular formula is C22H24ClN7O3. The summed E-state index contributed by atoms with van der Waals surface area (Å²) in [6, 6.07) is 9.06. The van der Waals surface area contributed by atoms with E-state index in [0.717, 1.165) is 15.7 Å². The smallest absolute Gasteiger partial charge is 0.332 e. The average molecular weight is 470 g/mol. The number of hydrogen-bond donors (Lipinski definition) is 2. The summed E-state index contributed by atoms with van der Waals surface area (Å²) in [7, 11) is 1.55. The molecule has 0 aliphatic carbocycles. The van der Waals surface area contributed by atoms with Gasteiger partial charge in [-0.3, -0.25) is 23.5 Å². The lowest BCUT2D eigenvalue weighted by atomic mass is 10.2. The molecule has 0 saturated heterocycles. The Labute approximate surface area is 194 Å². The summed E-state index contributed by atoms with van der Waals surface area (Å²) in [5.74, 6) is 6.72. The van der Waals surface area contributed by atoms with Gasteiger partial charge in [-0.15, -0.1) is 0 Å². The van der Waals surface area contributed by atoms with Gasteiger partial charge in [0.05, 0.1) is 18.4 Å². The van der Waals surface area contributed by atoms with E-state index >= 15 is 0 Å². The highest BCUT2D eigenvalue weighted by Crippen LogP contribution is 2.26. The number of benzene rings is 1. The second-order valence-corrected chi connectivity index (χ2v) is 8.20. The molecule has 0 spiro atoms. The normalized spacial score (nSPS) is 11.3. The Balaban J connectivity index is 1.98. The summed E-state index contributed by atoms with van der Waals surface area (Å²) in [5.41, 5.74) is 1.79. The number of aliphatic hydroxyl groups is 1. The fraction of sp³-hybridized carbons (Fsp3) is 0.273. The summed E-state index contributed by atoms with van der Waals surface area (Å²) in [4.78, 5) is 35.0. The summed E-state index contributed by atoms with van der Waals surface area (Å²) >= 11 is 6.03. The van der Waals surface area contributed by atoms with Crippen LogP contribution in [0, 0.1) is 6.92 Å². The van der Waals surface area contributed by atoms with E-state index in [9.17, 15) is 14.7 Å². The Bertz CT molecular complexity index is 1420. The highest BCUT2D eigenvalue weighted by Gasteiger charge is 2.23. The van der Waals surface area contributed by atoms with Gasteiger partial charge in [-0.1, -0.05) is 23.7 Å². The number of aliphatic hydroxyl groups excluding tert-OH is 1. The first-order chi connectivity index (χ1) is 15.8. The Kier molecular flexibility index (Phi) is 6.32. The molecule has 3 heterocycles. The molecule has 0 fully saturated rings. The molecule has 0 saturated carbocycles. The van der Waals surface area contributed by atoms with Gasteiger partial charge in [0.25, 0.3) is 5.56 Å². The van der Waals surface area contributed by atoms with Crippen LogP contribution in [0.5, 0.6) is 0 Å². The zero-order chi connectivity index (χ0) is 23.7. The number of nitrogens with zero attached hydrogens (tertiary/aromatic N) is 6. The minimum absolute atomic E-state index is 0.0908. The number of anilines is 2. The summed E-state index contributed by atoms with van der Waals surface area (Å²) in [5, 5.41) is 11.1. The van der Waals surface area contributed by atoms with Gasteiger partial charge < -0.3 is 5.11 Å². The number of rotatable bonds is 7. The fourth-order valence-corrected chi connectivity index (χ4v) is 3.80. The largest absolute Gasteiger partial charge is 0.396 e. The van der Waals surface area contributed by atoms with Crippen molar-refractivity contribution in [3.05, 3.63) is 79.7 Å². The van der Waals surface area contributed by atoms with Crippen LogP contribution in [0.4, 0.5) is 11.6 Å². The number of fused-ring (bicyclic) bond motifs is 1. The molecule has 0 aliphatic rings. The van der Waals surface area contributed by atoms with Crippen molar-refractivity contribution in [1.29, 1.82) is 0 Å². The number of imidazole rings is 1. The van der Waals surface area contributed by atoms with Crippen LogP contribution >= 0.6 is 11.6 Å². The third kappa shape index (κ3) is 4.28. The van der Waals surface area contributed by atoms with Gasteiger partial charge in [-0.2, -0.15) is 4.98 Å². The standard InChI is InChI=1S/C22H24ClN7O3/c1-14-10-17(12-25-11-14)30(24)21-26-19-18(29(21)13-15-4-6-16(23)7-5-15)20(32)28(8-3-9-31)22(33)27(19)2/h4-7,10-12,31H,3,8-9,13,24H2,1-2H3. The van der Waals surface area contributed by atoms with E-state index in [1.165, 1.54) is 9.58 Å². The van der Waals surface area contributed by atoms with Gasteiger partial charge in [0.15, 0.2) is 11.2 Å². The van der Waals surface area contributed by atoms with Crippen molar-refractivity contribution in [2.45, 2.75) is 26.4 Å². The minimum Gasteiger partial charge on any atom is -0.396 e. The molecule has 0 amide bonds. The lowest BCUT2D eigenvalue weighted by molar-refractivity contribution is 0.277. The van der Waals surface area contributed by atoms with Crippen molar-refractivity contribution < 1.29 is 5.11 Å². The molecule has 172 valence electrons. The molecule has 0 unspecified atom stereocenters. The first-order valence-electron chi connectivity index (χ1n) is 10.3. The summed E-state index contributed by atoms with van der Waals surface area (Å²) in [6.07, 6.45) is 3.58. The number of hydrazine groups is 1. The zero-order valence-corrected chi connectivity index (χ0v) is 19.0. The lowest BCUT2D eigenvalue weighted by Crippen LogP contribution is -2.40. The second-order valence-electron chi connectivity index (χ2n) is 7.76. The van der Waals surface area contributed by atoms with Crippen LogP contribution in [-0.4, -0.2) is 35.4 Å². The van der Waals surface area contributed by atoms with Crippen LogP contribution in [-0.2, 0) is 20.1 Å². The van der Waals surface area contributed by atoms with Gasteiger partial charge in [0.1, 0.15) is 0 Å². The molecule has 0 atom stereocenters. The number of aromatic nitrogens is 5. The molecule has 0 aliphatic heterocycles. The quantitative estimate of drug-likeness (QED) is 0.312. The molecule has 11 heteroatoms. The highest BCUT2D eigenvalue weighted by molar-refractivity contribution is 6.30. The van der Waals surface area contributed by atoms with Gasteiger partial charge in [-0.05, 0) is 42.7 Å². The minimum atomic E-state index is -0.510. The van der Waals surface area contributed by atoms with Crippen LogP contribution < -0.4 is 22.1 Å². The zero-order valence-electron chi connectivity index (χ0n) is 18.3. The predicted octanol–water partition coefficient (Wildman–Crippen LogP) is 1.70.